The van der Waals surface area contributed by atoms with Crippen molar-refractivity contribution in [2.45, 2.75) is 6.92 Å². The molecule has 0 bridgehead atoms. The number of hydrogen-bond acceptors (Lipinski definition) is 5. The standard InChI is InChI=1S/C16H15N5O2/c1-10-3-4-12(9-14(10)23-2)16(22)17-13-7-5-11(6-8-13)15-18-20-21-19-15/h3-9H,1-2H3,(H,17,22)(H,18,19,20,21). The number of tetrazole rings is 1. The van der Waals surface area contributed by atoms with Gasteiger partial charge in [-0.2, -0.15) is 5.21 Å². The molecule has 2 N–H and O–H groups in total. The van der Waals surface area contributed by atoms with Gasteiger partial charge in [0.15, 0.2) is 0 Å². The first-order chi connectivity index (χ1) is 11.2. The molecule has 0 saturated heterocycles. The lowest BCUT2D eigenvalue weighted by molar-refractivity contribution is 0.102. The summed E-state index contributed by atoms with van der Waals surface area (Å²) in [5.41, 5.74) is 3.01. The van der Waals surface area contributed by atoms with Gasteiger partial charge in [0.05, 0.1) is 7.11 Å². The number of amides is 1. The smallest absolute Gasteiger partial charge is 0.255 e. The highest BCUT2D eigenvalue weighted by molar-refractivity contribution is 6.04. The average molecular weight is 309 g/mol. The van der Waals surface area contributed by atoms with E-state index in [9.17, 15) is 4.79 Å². The van der Waals surface area contributed by atoms with Gasteiger partial charge < -0.3 is 10.1 Å². The Hall–Kier alpha value is -3.22. The second kappa shape index (κ2) is 6.27. The maximum atomic E-state index is 12.3. The van der Waals surface area contributed by atoms with Crippen LogP contribution in [0.3, 0.4) is 0 Å². The van der Waals surface area contributed by atoms with Gasteiger partial charge in [-0.05, 0) is 54.1 Å². The molecule has 23 heavy (non-hydrogen) atoms. The Morgan fingerprint density at radius 2 is 1.96 bits per heavy atom. The molecule has 1 heterocycles. The molecule has 1 amide bonds. The maximum Gasteiger partial charge on any atom is 0.255 e. The Bertz CT molecular complexity index is 813. The quantitative estimate of drug-likeness (QED) is 0.772. The van der Waals surface area contributed by atoms with E-state index >= 15 is 0 Å². The van der Waals surface area contributed by atoms with Crippen LogP contribution in [0.5, 0.6) is 5.75 Å². The van der Waals surface area contributed by atoms with E-state index in [0.717, 1.165) is 11.1 Å². The fourth-order valence-electron chi connectivity index (χ4n) is 2.15. The first-order valence-corrected chi connectivity index (χ1v) is 6.97. The third-order valence-corrected chi connectivity index (χ3v) is 3.42. The van der Waals surface area contributed by atoms with E-state index in [1.54, 1.807) is 31.4 Å². The minimum Gasteiger partial charge on any atom is -0.496 e. The minimum absolute atomic E-state index is 0.199. The number of rotatable bonds is 4. The van der Waals surface area contributed by atoms with Crippen LogP contribution >= 0.6 is 0 Å². The van der Waals surface area contributed by atoms with Crippen LogP contribution in [0.4, 0.5) is 5.69 Å². The molecule has 0 unspecified atom stereocenters. The molecule has 3 rings (SSSR count). The number of aryl methyl sites for hydroxylation is 1. The number of nitrogens with one attached hydrogen (secondary N) is 2. The zero-order chi connectivity index (χ0) is 16.2. The molecule has 1 aromatic heterocycles. The second-order valence-corrected chi connectivity index (χ2v) is 4.95. The van der Waals surface area contributed by atoms with E-state index in [0.29, 0.717) is 22.8 Å². The summed E-state index contributed by atoms with van der Waals surface area (Å²) in [7, 11) is 1.58. The first-order valence-electron chi connectivity index (χ1n) is 6.97. The summed E-state index contributed by atoms with van der Waals surface area (Å²) in [6, 6.07) is 12.5. The fourth-order valence-corrected chi connectivity index (χ4v) is 2.15. The van der Waals surface area contributed by atoms with Gasteiger partial charge >= 0.3 is 0 Å². The second-order valence-electron chi connectivity index (χ2n) is 4.95. The highest BCUT2D eigenvalue weighted by Gasteiger charge is 2.09. The summed E-state index contributed by atoms with van der Waals surface area (Å²) in [6.07, 6.45) is 0. The highest BCUT2D eigenvalue weighted by atomic mass is 16.5. The van der Waals surface area contributed by atoms with Gasteiger partial charge in [-0.25, -0.2) is 0 Å². The zero-order valence-electron chi connectivity index (χ0n) is 12.7. The molecule has 0 spiro atoms. The number of H-pyrrole nitrogens is 1. The molecule has 116 valence electrons. The molecule has 2 aromatic carbocycles. The van der Waals surface area contributed by atoms with Gasteiger partial charge in [0.1, 0.15) is 5.75 Å². The van der Waals surface area contributed by atoms with Crippen molar-refractivity contribution in [2.75, 3.05) is 12.4 Å². The van der Waals surface area contributed by atoms with Crippen LogP contribution < -0.4 is 10.1 Å². The first kappa shape index (κ1) is 14.7. The third kappa shape index (κ3) is 3.18. The summed E-state index contributed by atoms with van der Waals surface area (Å²) >= 11 is 0. The Morgan fingerprint density at radius 3 is 2.61 bits per heavy atom. The van der Waals surface area contributed by atoms with Crippen molar-refractivity contribution in [1.29, 1.82) is 0 Å². The highest BCUT2D eigenvalue weighted by Crippen LogP contribution is 2.21. The number of aromatic nitrogens is 4. The largest absolute Gasteiger partial charge is 0.496 e. The minimum atomic E-state index is -0.199. The Balaban J connectivity index is 1.75. The van der Waals surface area contributed by atoms with Crippen molar-refractivity contribution < 1.29 is 9.53 Å². The van der Waals surface area contributed by atoms with Crippen LogP contribution in [0.15, 0.2) is 42.5 Å². The summed E-state index contributed by atoms with van der Waals surface area (Å²) in [5.74, 6) is 0.992. The lowest BCUT2D eigenvalue weighted by Gasteiger charge is -2.09. The lowest BCUT2D eigenvalue weighted by Crippen LogP contribution is -2.12. The van der Waals surface area contributed by atoms with Crippen LogP contribution in [-0.2, 0) is 0 Å². The zero-order valence-corrected chi connectivity index (χ0v) is 12.7. The van der Waals surface area contributed by atoms with Crippen LogP contribution in [0, 0.1) is 6.92 Å². The van der Waals surface area contributed by atoms with Crippen LogP contribution in [0.25, 0.3) is 11.4 Å². The van der Waals surface area contributed by atoms with Gasteiger partial charge in [-0.3, -0.25) is 4.79 Å². The number of benzene rings is 2. The Morgan fingerprint density at radius 1 is 1.17 bits per heavy atom. The van der Waals surface area contributed by atoms with Crippen molar-refractivity contribution in [1.82, 2.24) is 20.6 Å². The van der Waals surface area contributed by atoms with Gasteiger partial charge in [0.2, 0.25) is 5.82 Å². The van der Waals surface area contributed by atoms with Crippen LogP contribution in [-0.4, -0.2) is 33.6 Å². The van der Waals surface area contributed by atoms with Crippen LogP contribution in [0.2, 0.25) is 0 Å². The predicted octanol–water partition coefficient (Wildman–Crippen LogP) is 2.44. The lowest BCUT2D eigenvalue weighted by atomic mass is 10.1. The molecule has 0 aliphatic heterocycles. The molecule has 0 saturated carbocycles. The summed E-state index contributed by atoms with van der Waals surface area (Å²) in [5, 5.41) is 16.6. The molecular weight excluding hydrogens is 294 g/mol. The van der Waals surface area contributed by atoms with E-state index in [-0.39, 0.29) is 5.91 Å². The Labute approximate surface area is 132 Å². The van der Waals surface area contributed by atoms with E-state index in [4.69, 9.17) is 4.74 Å². The monoisotopic (exact) mass is 309 g/mol. The van der Waals surface area contributed by atoms with Crippen molar-refractivity contribution in [3.05, 3.63) is 53.6 Å². The molecule has 0 fully saturated rings. The molecule has 3 aromatic rings. The number of hydrogen-bond donors (Lipinski definition) is 2. The number of carbonyl (C=O) groups excluding carboxylic acids is 1. The van der Waals surface area contributed by atoms with E-state index in [1.807, 2.05) is 25.1 Å². The van der Waals surface area contributed by atoms with Gasteiger partial charge in [-0.1, -0.05) is 6.07 Å². The molecule has 0 aliphatic rings. The number of nitrogens with zero attached hydrogens (tertiary/aromatic N) is 3. The summed E-state index contributed by atoms with van der Waals surface area (Å²) in [4.78, 5) is 12.3. The normalized spacial score (nSPS) is 10.3. The van der Waals surface area contributed by atoms with E-state index in [1.165, 1.54) is 0 Å². The van der Waals surface area contributed by atoms with Crippen molar-refractivity contribution in [2.24, 2.45) is 0 Å². The molecular formula is C16H15N5O2. The van der Waals surface area contributed by atoms with Gasteiger partial charge in [0, 0.05) is 16.8 Å². The van der Waals surface area contributed by atoms with Crippen molar-refractivity contribution in [3.63, 3.8) is 0 Å². The Kier molecular flexibility index (Phi) is 4.01. The number of methoxy groups -OCH3 is 1. The average Bonchev–Trinajstić information content (AvgIpc) is 3.10. The number of carbonyl (C=O) groups is 1. The fraction of sp³-hybridized carbons (Fsp3) is 0.125. The SMILES string of the molecule is COc1cc(C(=O)Nc2ccc(-c3nn[nH]n3)cc2)ccc1C. The predicted molar refractivity (Wildman–Crippen MR) is 85.3 cm³/mol. The van der Waals surface area contributed by atoms with Gasteiger partial charge in [0.25, 0.3) is 5.91 Å². The number of anilines is 1. The van der Waals surface area contributed by atoms with E-state index in [2.05, 4.69) is 25.9 Å². The molecule has 0 aliphatic carbocycles. The number of aromatic amines is 1. The summed E-state index contributed by atoms with van der Waals surface area (Å²) < 4.78 is 5.24. The molecule has 7 heteroatoms. The maximum absolute atomic E-state index is 12.3. The molecule has 0 radical (unpaired) electrons. The summed E-state index contributed by atoms with van der Waals surface area (Å²) in [6.45, 7) is 1.93. The molecule has 0 atom stereocenters. The van der Waals surface area contributed by atoms with Crippen molar-refractivity contribution in [3.8, 4) is 17.1 Å². The third-order valence-electron chi connectivity index (χ3n) is 3.42. The number of ether oxygens (including phenoxy) is 1. The van der Waals surface area contributed by atoms with Crippen molar-refractivity contribution >= 4 is 11.6 Å². The van der Waals surface area contributed by atoms with Crippen LogP contribution in [0.1, 0.15) is 15.9 Å². The van der Waals surface area contributed by atoms with E-state index < -0.39 is 0 Å². The topological polar surface area (TPSA) is 92.8 Å². The molecule has 7 nitrogen and oxygen atoms in total. The van der Waals surface area contributed by atoms with Gasteiger partial charge in [-0.15, -0.1) is 10.2 Å².